The van der Waals surface area contributed by atoms with Gasteiger partial charge >= 0.3 is 0 Å². The van der Waals surface area contributed by atoms with Gasteiger partial charge < -0.3 is 14.8 Å². The van der Waals surface area contributed by atoms with E-state index in [0.717, 1.165) is 13.0 Å². The van der Waals surface area contributed by atoms with E-state index in [1.165, 1.54) is 12.8 Å². The number of benzene rings is 1. The second-order valence-corrected chi connectivity index (χ2v) is 4.47. The van der Waals surface area contributed by atoms with E-state index >= 15 is 0 Å². The van der Waals surface area contributed by atoms with Crippen LogP contribution in [-0.2, 0) is 0 Å². The lowest BCUT2D eigenvalue weighted by atomic mass is 10.1. The molecule has 1 aromatic carbocycles. The molecule has 0 bridgehead atoms. The van der Waals surface area contributed by atoms with Crippen LogP contribution >= 0.6 is 0 Å². The second kappa shape index (κ2) is 6.27. The molecule has 0 saturated carbocycles. The van der Waals surface area contributed by atoms with E-state index in [-0.39, 0.29) is 0 Å². The van der Waals surface area contributed by atoms with Crippen LogP contribution in [0.5, 0.6) is 11.5 Å². The van der Waals surface area contributed by atoms with Gasteiger partial charge in [0.15, 0.2) is 0 Å². The van der Waals surface area contributed by atoms with E-state index in [1.54, 1.807) is 19.2 Å². The third kappa shape index (κ3) is 3.38. The first kappa shape index (κ1) is 12.7. The molecule has 1 fully saturated rings. The van der Waals surface area contributed by atoms with Crippen molar-refractivity contribution < 1.29 is 9.47 Å². The summed E-state index contributed by atoms with van der Waals surface area (Å²) in [6, 6.07) is 7.77. The first-order chi connectivity index (χ1) is 8.81. The number of ether oxygens (including phenoxy) is 2. The number of hydrogen-bond donors (Lipinski definition) is 1. The van der Waals surface area contributed by atoms with E-state index in [1.807, 2.05) is 6.07 Å². The van der Waals surface area contributed by atoms with Crippen LogP contribution in [0.1, 0.15) is 24.8 Å². The van der Waals surface area contributed by atoms with Crippen molar-refractivity contribution in [1.82, 2.24) is 5.32 Å². The molecule has 96 valence electrons. The molecular formula is C14H18N2O2. The highest BCUT2D eigenvalue weighted by atomic mass is 16.5. The van der Waals surface area contributed by atoms with Crippen LogP contribution in [0.25, 0.3) is 0 Å². The fraction of sp³-hybridized carbons (Fsp3) is 0.500. The van der Waals surface area contributed by atoms with Gasteiger partial charge in [0.05, 0.1) is 18.7 Å². The molecule has 0 aromatic heterocycles. The second-order valence-electron chi connectivity index (χ2n) is 4.47. The van der Waals surface area contributed by atoms with Gasteiger partial charge in [0, 0.05) is 12.1 Å². The number of piperidine rings is 1. The minimum Gasteiger partial charge on any atom is -0.497 e. The molecule has 1 heterocycles. The zero-order valence-electron chi connectivity index (χ0n) is 10.6. The number of hydrogen-bond acceptors (Lipinski definition) is 4. The normalized spacial score (nSPS) is 19.0. The zero-order chi connectivity index (χ0) is 12.8. The highest BCUT2D eigenvalue weighted by Gasteiger charge is 2.13. The smallest absolute Gasteiger partial charge is 0.124 e. The highest BCUT2D eigenvalue weighted by Crippen LogP contribution is 2.22. The summed E-state index contributed by atoms with van der Waals surface area (Å²) >= 11 is 0. The van der Waals surface area contributed by atoms with Crippen LogP contribution in [0.3, 0.4) is 0 Å². The summed E-state index contributed by atoms with van der Waals surface area (Å²) in [7, 11) is 1.59. The molecule has 4 nitrogen and oxygen atoms in total. The molecule has 1 unspecified atom stereocenters. The Balaban J connectivity index is 1.97. The number of nitrogens with one attached hydrogen (secondary N) is 1. The van der Waals surface area contributed by atoms with Crippen LogP contribution in [0.2, 0.25) is 0 Å². The molecule has 18 heavy (non-hydrogen) atoms. The Morgan fingerprint density at radius 3 is 2.83 bits per heavy atom. The maximum atomic E-state index is 8.93. The summed E-state index contributed by atoms with van der Waals surface area (Å²) in [5, 5.41) is 12.4. The van der Waals surface area contributed by atoms with E-state index in [2.05, 4.69) is 11.4 Å². The van der Waals surface area contributed by atoms with Gasteiger partial charge in [0.25, 0.3) is 0 Å². The molecule has 0 aliphatic carbocycles. The number of nitriles is 1. The predicted octanol–water partition coefficient (Wildman–Crippen LogP) is 2.09. The molecule has 2 rings (SSSR count). The molecule has 1 aliphatic heterocycles. The monoisotopic (exact) mass is 246 g/mol. The Kier molecular flexibility index (Phi) is 4.43. The molecule has 0 amide bonds. The number of methoxy groups -OCH3 is 1. The van der Waals surface area contributed by atoms with E-state index in [0.29, 0.717) is 29.7 Å². The van der Waals surface area contributed by atoms with Gasteiger partial charge in [-0.3, -0.25) is 0 Å². The quantitative estimate of drug-likeness (QED) is 0.883. The van der Waals surface area contributed by atoms with E-state index < -0.39 is 0 Å². The van der Waals surface area contributed by atoms with E-state index in [4.69, 9.17) is 14.7 Å². The van der Waals surface area contributed by atoms with Crippen LogP contribution in [-0.4, -0.2) is 26.3 Å². The van der Waals surface area contributed by atoms with Crippen LogP contribution in [0.4, 0.5) is 0 Å². The topological polar surface area (TPSA) is 54.3 Å². The van der Waals surface area contributed by atoms with Crippen molar-refractivity contribution >= 4 is 0 Å². The molecule has 0 spiro atoms. The summed E-state index contributed by atoms with van der Waals surface area (Å²) in [6.45, 7) is 1.70. The van der Waals surface area contributed by atoms with Gasteiger partial charge in [0.2, 0.25) is 0 Å². The average Bonchev–Trinajstić information content (AvgIpc) is 2.45. The SMILES string of the molecule is COc1cc(C#N)cc(OCC2CCCCN2)c1. The molecule has 1 aromatic rings. The fourth-order valence-electron chi connectivity index (χ4n) is 2.10. The van der Waals surface area contributed by atoms with Crippen molar-refractivity contribution in [3.8, 4) is 17.6 Å². The Morgan fingerprint density at radius 2 is 2.17 bits per heavy atom. The Labute approximate surface area is 108 Å². The zero-order valence-corrected chi connectivity index (χ0v) is 10.6. The van der Waals surface area contributed by atoms with Crippen LogP contribution < -0.4 is 14.8 Å². The molecule has 1 atom stereocenters. The first-order valence-electron chi connectivity index (χ1n) is 6.27. The lowest BCUT2D eigenvalue weighted by molar-refractivity contribution is 0.238. The van der Waals surface area contributed by atoms with Crippen molar-refractivity contribution in [2.24, 2.45) is 0 Å². The number of nitrogens with zero attached hydrogens (tertiary/aromatic N) is 1. The lowest BCUT2D eigenvalue weighted by Crippen LogP contribution is -2.38. The Morgan fingerprint density at radius 1 is 1.33 bits per heavy atom. The summed E-state index contributed by atoms with van der Waals surface area (Å²) in [6.07, 6.45) is 3.64. The third-order valence-corrected chi connectivity index (χ3v) is 3.11. The van der Waals surface area contributed by atoms with Gasteiger partial charge in [-0.15, -0.1) is 0 Å². The molecule has 1 aliphatic rings. The lowest BCUT2D eigenvalue weighted by Gasteiger charge is -2.23. The van der Waals surface area contributed by atoms with Crippen molar-refractivity contribution in [2.75, 3.05) is 20.3 Å². The standard InChI is InChI=1S/C14H18N2O2/c1-17-13-6-11(9-15)7-14(8-13)18-10-12-4-2-3-5-16-12/h6-8,12,16H,2-5,10H2,1H3. The van der Waals surface area contributed by atoms with Gasteiger partial charge in [-0.05, 0) is 31.5 Å². The fourth-order valence-corrected chi connectivity index (χ4v) is 2.10. The molecule has 4 heteroatoms. The molecule has 1 N–H and O–H groups in total. The molecular weight excluding hydrogens is 228 g/mol. The summed E-state index contributed by atoms with van der Waals surface area (Å²) in [5.74, 6) is 1.35. The average molecular weight is 246 g/mol. The van der Waals surface area contributed by atoms with Crippen molar-refractivity contribution in [1.29, 1.82) is 5.26 Å². The minimum atomic E-state index is 0.412. The summed E-state index contributed by atoms with van der Waals surface area (Å²) in [5.41, 5.74) is 0.556. The highest BCUT2D eigenvalue weighted by molar-refractivity contribution is 5.43. The molecule has 1 saturated heterocycles. The Hall–Kier alpha value is -1.73. The van der Waals surface area contributed by atoms with Crippen LogP contribution in [0.15, 0.2) is 18.2 Å². The summed E-state index contributed by atoms with van der Waals surface area (Å²) in [4.78, 5) is 0. The van der Waals surface area contributed by atoms with E-state index in [9.17, 15) is 0 Å². The van der Waals surface area contributed by atoms with Crippen molar-refractivity contribution in [3.63, 3.8) is 0 Å². The summed E-state index contributed by atoms with van der Waals surface area (Å²) < 4.78 is 10.9. The van der Waals surface area contributed by atoms with Gasteiger partial charge in [0.1, 0.15) is 18.1 Å². The maximum absolute atomic E-state index is 8.93. The maximum Gasteiger partial charge on any atom is 0.124 e. The Bertz CT molecular complexity index is 434. The third-order valence-electron chi connectivity index (χ3n) is 3.11. The minimum absolute atomic E-state index is 0.412. The predicted molar refractivity (Wildman–Crippen MR) is 68.8 cm³/mol. The first-order valence-corrected chi connectivity index (χ1v) is 6.27. The van der Waals surface area contributed by atoms with Crippen LogP contribution in [0, 0.1) is 11.3 Å². The largest absolute Gasteiger partial charge is 0.497 e. The van der Waals surface area contributed by atoms with Crippen molar-refractivity contribution in [2.45, 2.75) is 25.3 Å². The van der Waals surface area contributed by atoms with Crippen molar-refractivity contribution in [3.05, 3.63) is 23.8 Å². The van der Waals surface area contributed by atoms with Gasteiger partial charge in [-0.1, -0.05) is 6.42 Å². The van der Waals surface area contributed by atoms with Gasteiger partial charge in [-0.25, -0.2) is 0 Å². The number of rotatable bonds is 4. The van der Waals surface area contributed by atoms with Gasteiger partial charge in [-0.2, -0.15) is 5.26 Å². The molecule has 0 radical (unpaired) electrons.